The zero-order chi connectivity index (χ0) is 12.3. The molecule has 0 saturated carbocycles. The molecule has 1 N–H and O–H groups in total. The Morgan fingerprint density at radius 1 is 1.35 bits per heavy atom. The highest BCUT2D eigenvalue weighted by molar-refractivity contribution is 7.98. The van der Waals surface area contributed by atoms with Crippen LogP contribution in [0.2, 0.25) is 0 Å². The summed E-state index contributed by atoms with van der Waals surface area (Å²) in [6.45, 7) is 4.12. The van der Waals surface area contributed by atoms with Crippen molar-refractivity contribution in [2.24, 2.45) is 0 Å². The Bertz CT molecular complexity index is 488. The fourth-order valence-corrected chi connectivity index (χ4v) is 3.69. The molecule has 4 heteroatoms. The van der Waals surface area contributed by atoms with Crippen molar-refractivity contribution in [3.8, 4) is 5.75 Å². The average Bonchev–Trinajstić information content (AvgIpc) is 2.72. The van der Waals surface area contributed by atoms with E-state index in [-0.39, 0.29) is 0 Å². The Hall–Kier alpha value is -1.00. The van der Waals surface area contributed by atoms with E-state index in [1.165, 1.54) is 10.6 Å². The first kappa shape index (κ1) is 12.5. The lowest BCUT2D eigenvalue weighted by molar-refractivity contribution is 0.473. The van der Waals surface area contributed by atoms with Crippen LogP contribution in [0.15, 0.2) is 28.6 Å². The smallest absolute Gasteiger partial charge is 0.116 e. The normalized spacial score (nSPS) is 10.7. The summed E-state index contributed by atoms with van der Waals surface area (Å²) in [4.78, 5) is 6.78. The Balaban J connectivity index is 2.07. The molecule has 1 aromatic carbocycles. The number of aromatic nitrogens is 1. The maximum Gasteiger partial charge on any atom is 0.116 e. The average molecular weight is 265 g/mol. The van der Waals surface area contributed by atoms with Crippen LogP contribution in [-0.2, 0) is 12.2 Å². The molecule has 2 rings (SSSR count). The standard InChI is InChI=1S/C13H15NOS2/c1-3-12-13(17-8-14-12)7-16-11-5-9(2)4-10(15)6-11/h4-6,8,15H,3,7H2,1-2H3. The molecule has 90 valence electrons. The SMILES string of the molecule is CCc1ncsc1CSc1cc(C)cc(O)c1. The van der Waals surface area contributed by atoms with Gasteiger partial charge in [0.2, 0.25) is 0 Å². The van der Waals surface area contributed by atoms with Gasteiger partial charge in [0.15, 0.2) is 0 Å². The Labute approximate surface area is 110 Å². The van der Waals surface area contributed by atoms with Gasteiger partial charge < -0.3 is 5.11 Å². The van der Waals surface area contributed by atoms with Gasteiger partial charge in [-0.3, -0.25) is 0 Å². The zero-order valence-electron chi connectivity index (χ0n) is 9.93. The first-order valence-corrected chi connectivity index (χ1v) is 7.40. The van der Waals surface area contributed by atoms with Crippen LogP contribution in [0.4, 0.5) is 0 Å². The van der Waals surface area contributed by atoms with Crippen LogP contribution in [-0.4, -0.2) is 10.1 Å². The fraction of sp³-hybridized carbons (Fsp3) is 0.308. The van der Waals surface area contributed by atoms with Gasteiger partial charge in [-0.15, -0.1) is 23.1 Å². The summed E-state index contributed by atoms with van der Waals surface area (Å²) in [5, 5.41) is 9.53. The van der Waals surface area contributed by atoms with E-state index >= 15 is 0 Å². The quantitative estimate of drug-likeness (QED) is 0.848. The predicted molar refractivity (Wildman–Crippen MR) is 73.9 cm³/mol. The summed E-state index contributed by atoms with van der Waals surface area (Å²) >= 11 is 3.45. The van der Waals surface area contributed by atoms with Gasteiger partial charge in [0.05, 0.1) is 11.2 Å². The Morgan fingerprint density at radius 3 is 2.88 bits per heavy atom. The lowest BCUT2D eigenvalue weighted by atomic mass is 10.2. The van der Waals surface area contributed by atoms with Gasteiger partial charge in [0.1, 0.15) is 5.75 Å². The molecule has 17 heavy (non-hydrogen) atoms. The van der Waals surface area contributed by atoms with E-state index in [9.17, 15) is 5.11 Å². The van der Waals surface area contributed by atoms with Crippen LogP contribution < -0.4 is 0 Å². The second kappa shape index (κ2) is 5.56. The van der Waals surface area contributed by atoms with Crippen LogP contribution in [0.25, 0.3) is 0 Å². The van der Waals surface area contributed by atoms with Crippen LogP contribution in [0.3, 0.4) is 0 Å². The number of aryl methyl sites for hydroxylation is 2. The summed E-state index contributed by atoms with van der Waals surface area (Å²) in [5.74, 6) is 1.27. The molecular formula is C13H15NOS2. The second-order valence-electron chi connectivity index (χ2n) is 3.87. The largest absolute Gasteiger partial charge is 0.508 e. The highest BCUT2D eigenvalue weighted by atomic mass is 32.2. The van der Waals surface area contributed by atoms with Crippen molar-refractivity contribution in [1.29, 1.82) is 0 Å². The monoisotopic (exact) mass is 265 g/mol. The van der Waals surface area contributed by atoms with E-state index in [1.54, 1.807) is 29.2 Å². The molecular weight excluding hydrogens is 250 g/mol. The number of hydrogen-bond acceptors (Lipinski definition) is 4. The molecule has 0 saturated heterocycles. The van der Waals surface area contributed by atoms with Gasteiger partial charge in [-0.2, -0.15) is 0 Å². The number of nitrogens with zero attached hydrogens (tertiary/aromatic N) is 1. The highest BCUT2D eigenvalue weighted by Crippen LogP contribution is 2.29. The fourth-order valence-electron chi connectivity index (χ4n) is 1.66. The minimum atomic E-state index is 0.340. The van der Waals surface area contributed by atoms with Crippen LogP contribution >= 0.6 is 23.1 Å². The third kappa shape index (κ3) is 3.23. The van der Waals surface area contributed by atoms with E-state index in [0.717, 1.165) is 22.6 Å². The first-order valence-electron chi connectivity index (χ1n) is 5.53. The number of rotatable bonds is 4. The van der Waals surface area contributed by atoms with E-state index in [0.29, 0.717) is 5.75 Å². The van der Waals surface area contributed by atoms with E-state index in [4.69, 9.17) is 0 Å². The van der Waals surface area contributed by atoms with Crippen molar-refractivity contribution in [3.63, 3.8) is 0 Å². The molecule has 0 fully saturated rings. The number of aromatic hydroxyl groups is 1. The maximum atomic E-state index is 9.53. The summed E-state index contributed by atoms with van der Waals surface area (Å²) in [6.07, 6.45) is 0.985. The number of thiazole rings is 1. The molecule has 1 heterocycles. The molecule has 0 aliphatic carbocycles. The van der Waals surface area contributed by atoms with Crippen molar-refractivity contribution in [1.82, 2.24) is 4.98 Å². The van der Waals surface area contributed by atoms with Crippen LogP contribution in [0, 0.1) is 6.92 Å². The summed E-state index contributed by atoms with van der Waals surface area (Å²) < 4.78 is 0. The Kier molecular flexibility index (Phi) is 4.07. The molecule has 0 bridgehead atoms. The number of phenolic OH excluding ortho intramolecular Hbond substituents is 1. The molecule has 0 amide bonds. The predicted octanol–water partition coefficient (Wildman–Crippen LogP) is 4.01. The van der Waals surface area contributed by atoms with E-state index < -0.39 is 0 Å². The van der Waals surface area contributed by atoms with E-state index in [1.807, 2.05) is 18.5 Å². The van der Waals surface area contributed by atoms with Gasteiger partial charge in [0.25, 0.3) is 0 Å². The molecule has 0 radical (unpaired) electrons. The topological polar surface area (TPSA) is 33.1 Å². The highest BCUT2D eigenvalue weighted by Gasteiger charge is 2.05. The molecule has 0 aliphatic rings. The van der Waals surface area contributed by atoms with Crippen molar-refractivity contribution < 1.29 is 5.11 Å². The van der Waals surface area contributed by atoms with Gasteiger partial charge in [-0.25, -0.2) is 4.98 Å². The van der Waals surface area contributed by atoms with Gasteiger partial charge in [0, 0.05) is 15.5 Å². The minimum absolute atomic E-state index is 0.340. The van der Waals surface area contributed by atoms with Gasteiger partial charge in [-0.1, -0.05) is 6.92 Å². The number of benzene rings is 1. The van der Waals surface area contributed by atoms with Gasteiger partial charge >= 0.3 is 0 Å². The van der Waals surface area contributed by atoms with Crippen molar-refractivity contribution in [2.45, 2.75) is 30.9 Å². The van der Waals surface area contributed by atoms with Gasteiger partial charge in [-0.05, 0) is 37.1 Å². The molecule has 0 aliphatic heterocycles. The summed E-state index contributed by atoms with van der Waals surface area (Å²) in [6, 6.07) is 5.68. The molecule has 0 atom stereocenters. The molecule has 0 spiro atoms. The zero-order valence-corrected chi connectivity index (χ0v) is 11.6. The molecule has 0 unspecified atom stereocenters. The molecule has 2 nitrogen and oxygen atoms in total. The molecule has 2 aromatic rings. The lowest BCUT2D eigenvalue weighted by Crippen LogP contribution is -1.86. The van der Waals surface area contributed by atoms with Crippen LogP contribution in [0.1, 0.15) is 23.1 Å². The van der Waals surface area contributed by atoms with Crippen molar-refractivity contribution >= 4 is 23.1 Å². The third-order valence-electron chi connectivity index (χ3n) is 2.47. The third-order valence-corrected chi connectivity index (χ3v) is 4.53. The maximum absolute atomic E-state index is 9.53. The molecule has 1 aromatic heterocycles. The van der Waals surface area contributed by atoms with Crippen molar-refractivity contribution in [2.75, 3.05) is 0 Å². The minimum Gasteiger partial charge on any atom is -0.508 e. The Morgan fingerprint density at radius 2 is 2.18 bits per heavy atom. The second-order valence-corrected chi connectivity index (χ2v) is 5.86. The number of hydrogen-bond donors (Lipinski definition) is 1. The van der Waals surface area contributed by atoms with E-state index in [2.05, 4.69) is 18.0 Å². The van der Waals surface area contributed by atoms with Crippen LogP contribution in [0.5, 0.6) is 5.75 Å². The summed E-state index contributed by atoms with van der Waals surface area (Å²) in [7, 11) is 0. The lowest BCUT2D eigenvalue weighted by Gasteiger charge is -2.04. The number of thioether (sulfide) groups is 1. The number of phenols is 1. The first-order chi connectivity index (χ1) is 8.19. The summed E-state index contributed by atoms with van der Waals surface area (Å²) in [5.41, 5.74) is 4.19. The van der Waals surface area contributed by atoms with Crippen molar-refractivity contribution in [3.05, 3.63) is 39.8 Å².